The lowest BCUT2D eigenvalue weighted by Gasteiger charge is -2.09. The summed E-state index contributed by atoms with van der Waals surface area (Å²) in [4.78, 5) is 16.4. The number of halogens is 1. The quantitative estimate of drug-likeness (QED) is 0.933. The Hall–Kier alpha value is -1.62. The number of aryl methyl sites for hydroxylation is 1. The van der Waals surface area contributed by atoms with Crippen molar-refractivity contribution >= 4 is 21.8 Å². The van der Waals surface area contributed by atoms with Crippen molar-refractivity contribution in [1.82, 2.24) is 14.9 Å². The highest BCUT2D eigenvalue weighted by atomic mass is 79.9. The van der Waals surface area contributed by atoms with Gasteiger partial charge in [0.15, 0.2) is 0 Å². The van der Waals surface area contributed by atoms with Gasteiger partial charge in [-0.1, -0.05) is 0 Å². The van der Waals surface area contributed by atoms with Crippen LogP contribution in [-0.4, -0.2) is 15.5 Å². The van der Waals surface area contributed by atoms with Crippen molar-refractivity contribution < 1.29 is 4.79 Å². The van der Waals surface area contributed by atoms with Gasteiger partial charge >= 0.3 is 0 Å². The van der Waals surface area contributed by atoms with Crippen LogP contribution in [0.25, 0.3) is 0 Å². The second-order valence-electron chi connectivity index (χ2n) is 5.17. The van der Waals surface area contributed by atoms with Gasteiger partial charge in [-0.15, -0.1) is 0 Å². The average molecular weight is 334 g/mol. The van der Waals surface area contributed by atoms with Crippen LogP contribution in [0.15, 0.2) is 35.2 Å². The van der Waals surface area contributed by atoms with E-state index >= 15 is 0 Å². The number of aromatic nitrogens is 2. The molecule has 5 heteroatoms. The molecule has 1 N–H and O–H groups in total. The fourth-order valence-electron chi connectivity index (χ4n) is 2.25. The van der Waals surface area contributed by atoms with Crippen LogP contribution < -0.4 is 5.32 Å². The molecule has 0 aliphatic heterocycles. The average Bonchev–Trinajstić information content (AvgIpc) is 3.20. The fraction of sp³-hybridized carbons (Fsp3) is 0.333. The minimum absolute atomic E-state index is 0.0289. The van der Waals surface area contributed by atoms with E-state index in [2.05, 4.69) is 30.8 Å². The van der Waals surface area contributed by atoms with Gasteiger partial charge in [0.25, 0.3) is 5.91 Å². The third-order valence-electron chi connectivity index (χ3n) is 3.56. The minimum Gasteiger partial charge on any atom is -0.347 e. The Morgan fingerprint density at radius 3 is 3.05 bits per heavy atom. The Labute approximate surface area is 126 Å². The maximum absolute atomic E-state index is 12.3. The summed E-state index contributed by atoms with van der Waals surface area (Å²) in [6, 6.07) is 4.31. The van der Waals surface area contributed by atoms with Crippen LogP contribution in [0.2, 0.25) is 0 Å². The zero-order valence-electron chi connectivity index (χ0n) is 11.3. The lowest BCUT2D eigenvalue weighted by Crippen LogP contribution is -2.25. The van der Waals surface area contributed by atoms with Crippen LogP contribution in [-0.2, 0) is 6.54 Å². The standard InChI is InChI=1S/C15H16BrN3O/c1-10-7-17-5-4-11(10)8-18-15(20)14-6-12(16)9-19(14)13-2-3-13/h4-7,9,13H,2-3,8H2,1H3,(H,18,20). The molecule has 1 fully saturated rings. The molecule has 1 amide bonds. The molecule has 0 saturated heterocycles. The van der Waals surface area contributed by atoms with E-state index in [9.17, 15) is 4.79 Å². The normalized spacial score (nSPS) is 14.3. The van der Waals surface area contributed by atoms with E-state index < -0.39 is 0 Å². The van der Waals surface area contributed by atoms with Crippen molar-refractivity contribution in [3.05, 3.63) is 52.0 Å². The highest BCUT2D eigenvalue weighted by Gasteiger charge is 2.27. The number of carbonyl (C=O) groups excluding carboxylic acids is 1. The topological polar surface area (TPSA) is 46.9 Å². The van der Waals surface area contributed by atoms with Crippen molar-refractivity contribution in [3.8, 4) is 0 Å². The molecule has 0 bridgehead atoms. The Kier molecular flexibility index (Phi) is 3.61. The van der Waals surface area contributed by atoms with E-state index in [0.29, 0.717) is 12.6 Å². The lowest BCUT2D eigenvalue weighted by molar-refractivity contribution is 0.0941. The number of amides is 1. The molecular formula is C15H16BrN3O. The van der Waals surface area contributed by atoms with Gasteiger partial charge in [0.05, 0.1) is 0 Å². The zero-order chi connectivity index (χ0) is 14.1. The van der Waals surface area contributed by atoms with Gasteiger partial charge in [-0.25, -0.2) is 0 Å². The number of nitrogens with zero attached hydrogens (tertiary/aromatic N) is 2. The Morgan fingerprint density at radius 1 is 1.55 bits per heavy atom. The maximum Gasteiger partial charge on any atom is 0.268 e. The smallest absolute Gasteiger partial charge is 0.268 e. The van der Waals surface area contributed by atoms with Gasteiger partial charge in [-0.3, -0.25) is 9.78 Å². The van der Waals surface area contributed by atoms with E-state index in [1.54, 1.807) is 6.20 Å². The van der Waals surface area contributed by atoms with Gasteiger partial charge < -0.3 is 9.88 Å². The lowest BCUT2D eigenvalue weighted by atomic mass is 10.1. The molecule has 0 radical (unpaired) electrons. The molecule has 0 unspecified atom stereocenters. The van der Waals surface area contributed by atoms with E-state index in [0.717, 1.165) is 34.1 Å². The van der Waals surface area contributed by atoms with Crippen LogP contribution in [0, 0.1) is 6.92 Å². The predicted molar refractivity (Wildman–Crippen MR) is 80.5 cm³/mol. The predicted octanol–water partition coefficient (Wildman–Crippen LogP) is 3.22. The van der Waals surface area contributed by atoms with E-state index in [1.165, 1.54) is 0 Å². The van der Waals surface area contributed by atoms with Crippen LogP contribution in [0.5, 0.6) is 0 Å². The number of rotatable bonds is 4. The second kappa shape index (κ2) is 5.40. The summed E-state index contributed by atoms with van der Waals surface area (Å²) in [6.45, 7) is 2.53. The van der Waals surface area contributed by atoms with E-state index in [1.807, 2.05) is 31.5 Å². The summed E-state index contributed by atoms with van der Waals surface area (Å²) >= 11 is 3.45. The van der Waals surface area contributed by atoms with E-state index in [4.69, 9.17) is 0 Å². The second-order valence-corrected chi connectivity index (χ2v) is 6.08. The summed E-state index contributed by atoms with van der Waals surface area (Å²) in [6.07, 6.45) is 7.86. The van der Waals surface area contributed by atoms with Crippen LogP contribution in [0.3, 0.4) is 0 Å². The molecule has 0 aromatic carbocycles. The molecule has 2 aromatic heterocycles. The molecule has 1 saturated carbocycles. The summed E-state index contributed by atoms with van der Waals surface area (Å²) in [5.74, 6) is -0.0289. The van der Waals surface area contributed by atoms with Gasteiger partial charge in [-0.2, -0.15) is 0 Å². The highest BCUT2D eigenvalue weighted by Crippen LogP contribution is 2.37. The molecule has 1 aliphatic rings. The van der Waals surface area contributed by atoms with Gasteiger partial charge in [0.1, 0.15) is 5.69 Å². The van der Waals surface area contributed by atoms with Gasteiger partial charge in [0, 0.05) is 35.6 Å². The molecule has 2 aromatic rings. The summed E-state index contributed by atoms with van der Waals surface area (Å²) in [5.41, 5.74) is 2.91. The molecule has 4 nitrogen and oxygen atoms in total. The van der Waals surface area contributed by atoms with Crippen LogP contribution >= 0.6 is 15.9 Å². The number of nitrogens with one attached hydrogen (secondary N) is 1. The SMILES string of the molecule is Cc1cnccc1CNC(=O)c1cc(Br)cn1C1CC1. The molecule has 0 atom stereocenters. The van der Waals surface area contributed by atoms with Gasteiger partial charge in [-0.05, 0) is 59.0 Å². The molecule has 2 heterocycles. The Bertz CT molecular complexity index is 646. The molecule has 0 spiro atoms. The molecular weight excluding hydrogens is 318 g/mol. The largest absolute Gasteiger partial charge is 0.347 e. The number of hydrogen-bond acceptors (Lipinski definition) is 2. The first-order valence-electron chi connectivity index (χ1n) is 6.70. The summed E-state index contributed by atoms with van der Waals surface area (Å²) in [7, 11) is 0. The minimum atomic E-state index is -0.0289. The summed E-state index contributed by atoms with van der Waals surface area (Å²) in [5, 5.41) is 2.98. The molecule has 104 valence electrons. The number of hydrogen-bond donors (Lipinski definition) is 1. The molecule has 3 rings (SSSR count). The van der Waals surface area contributed by atoms with Crippen molar-refractivity contribution in [2.75, 3.05) is 0 Å². The van der Waals surface area contributed by atoms with Gasteiger partial charge in [0.2, 0.25) is 0 Å². The maximum atomic E-state index is 12.3. The number of pyridine rings is 1. The fourth-order valence-corrected chi connectivity index (χ4v) is 2.69. The Balaban J connectivity index is 1.72. The van der Waals surface area contributed by atoms with Crippen molar-refractivity contribution in [1.29, 1.82) is 0 Å². The van der Waals surface area contributed by atoms with Crippen LogP contribution in [0.4, 0.5) is 0 Å². The van der Waals surface area contributed by atoms with Crippen LogP contribution in [0.1, 0.15) is 40.5 Å². The number of carbonyl (C=O) groups is 1. The van der Waals surface area contributed by atoms with E-state index in [-0.39, 0.29) is 5.91 Å². The Morgan fingerprint density at radius 2 is 2.35 bits per heavy atom. The summed E-state index contributed by atoms with van der Waals surface area (Å²) < 4.78 is 3.02. The van der Waals surface area contributed by atoms with Crippen molar-refractivity contribution in [2.24, 2.45) is 0 Å². The zero-order valence-corrected chi connectivity index (χ0v) is 12.9. The molecule has 1 aliphatic carbocycles. The monoisotopic (exact) mass is 333 g/mol. The molecule has 20 heavy (non-hydrogen) atoms. The first kappa shape index (κ1) is 13.4. The third-order valence-corrected chi connectivity index (χ3v) is 4.00. The highest BCUT2D eigenvalue weighted by molar-refractivity contribution is 9.10. The van der Waals surface area contributed by atoms with Crippen molar-refractivity contribution in [2.45, 2.75) is 32.4 Å². The third kappa shape index (κ3) is 2.77. The van der Waals surface area contributed by atoms with Crippen molar-refractivity contribution in [3.63, 3.8) is 0 Å². The first-order valence-corrected chi connectivity index (χ1v) is 7.49. The first-order chi connectivity index (χ1) is 9.65.